The molecule has 14 heavy (non-hydrogen) atoms. The Morgan fingerprint density at radius 3 is 3.14 bits per heavy atom. The zero-order chi connectivity index (χ0) is 10.4. The molecule has 1 heterocycles. The summed E-state index contributed by atoms with van der Waals surface area (Å²) < 4.78 is 1.96. The van der Waals surface area contributed by atoms with Crippen LogP contribution in [-0.2, 0) is 6.54 Å². The standard InChI is InChI=1S/C10H15N3S/c1-3-4-5-9-10(11)13(8-12-9)6-7-14-2/h3-5,8H,1,6-7,11H2,2H3/b5-4-. The number of aromatic nitrogens is 2. The maximum absolute atomic E-state index is 5.89. The van der Waals surface area contributed by atoms with E-state index in [2.05, 4.69) is 17.8 Å². The van der Waals surface area contributed by atoms with Crippen molar-refractivity contribution in [2.45, 2.75) is 6.54 Å². The van der Waals surface area contributed by atoms with Crippen LogP contribution in [0.2, 0.25) is 0 Å². The molecule has 1 aromatic heterocycles. The number of thioether (sulfide) groups is 1. The zero-order valence-electron chi connectivity index (χ0n) is 8.31. The first kappa shape index (κ1) is 10.9. The molecule has 0 saturated carbocycles. The fraction of sp³-hybridized carbons (Fsp3) is 0.300. The van der Waals surface area contributed by atoms with Crippen LogP contribution in [-0.4, -0.2) is 21.6 Å². The second-order valence-corrected chi connectivity index (χ2v) is 3.78. The predicted molar refractivity (Wildman–Crippen MR) is 64.3 cm³/mol. The molecule has 1 aromatic rings. The second-order valence-electron chi connectivity index (χ2n) is 2.80. The first-order valence-electron chi connectivity index (χ1n) is 4.38. The lowest BCUT2D eigenvalue weighted by molar-refractivity contribution is 0.781. The highest BCUT2D eigenvalue weighted by Gasteiger charge is 2.02. The molecule has 0 bridgehead atoms. The molecule has 0 unspecified atom stereocenters. The van der Waals surface area contributed by atoms with Crippen LogP contribution in [0.1, 0.15) is 5.69 Å². The Labute approximate surface area is 88.7 Å². The van der Waals surface area contributed by atoms with Crippen LogP contribution in [0.5, 0.6) is 0 Å². The lowest BCUT2D eigenvalue weighted by Crippen LogP contribution is -2.03. The smallest absolute Gasteiger partial charge is 0.130 e. The average molecular weight is 209 g/mol. The van der Waals surface area contributed by atoms with E-state index >= 15 is 0 Å². The van der Waals surface area contributed by atoms with Crippen LogP contribution in [0.15, 0.2) is 25.1 Å². The Morgan fingerprint density at radius 1 is 1.71 bits per heavy atom. The molecule has 0 aliphatic heterocycles. The van der Waals surface area contributed by atoms with Gasteiger partial charge in [-0.1, -0.05) is 18.7 Å². The fourth-order valence-electron chi connectivity index (χ4n) is 1.06. The van der Waals surface area contributed by atoms with Crippen molar-refractivity contribution < 1.29 is 0 Å². The molecular formula is C10H15N3S. The Bertz CT molecular complexity index is 328. The molecule has 0 radical (unpaired) electrons. The molecular weight excluding hydrogens is 194 g/mol. The number of nitrogens with two attached hydrogens (primary N) is 1. The van der Waals surface area contributed by atoms with Gasteiger partial charge in [-0.15, -0.1) is 0 Å². The highest BCUT2D eigenvalue weighted by atomic mass is 32.2. The highest BCUT2D eigenvalue weighted by molar-refractivity contribution is 7.98. The van der Waals surface area contributed by atoms with Gasteiger partial charge in [0.1, 0.15) is 11.5 Å². The van der Waals surface area contributed by atoms with Gasteiger partial charge in [-0.2, -0.15) is 11.8 Å². The predicted octanol–water partition coefficient (Wildman–Crippen LogP) is 2.03. The molecule has 2 N–H and O–H groups in total. The summed E-state index contributed by atoms with van der Waals surface area (Å²) >= 11 is 1.79. The van der Waals surface area contributed by atoms with E-state index in [1.165, 1.54) is 0 Å². The van der Waals surface area contributed by atoms with Gasteiger partial charge in [-0.3, -0.25) is 0 Å². The number of hydrogen-bond acceptors (Lipinski definition) is 3. The van der Waals surface area contributed by atoms with Crippen molar-refractivity contribution in [1.82, 2.24) is 9.55 Å². The summed E-state index contributed by atoms with van der Waals surface area (Å²) in [6.45, 7) is 4.50. The molecule has 0 amide bonds. The third kappa shape index (κ3) is 2.67. The lowest BCUT2D eigenvalue weighted by atomic mass is 10.4. The molecule has 4 heteroatoms. The van der Waals surface area contributed by atoms with Crippen molar-refractivity contribution in [3.63, 3.8) is 0 Å². The van der Waals surface area contributed by atoms with Gasteiger partial charge in [0.25, 0.3) is 0 Å². The van der Waals surface area contributed by atoms with Gasteiger partial charge in [-0.05, 0) is 12.3 Å². The van der Waals surface area contributed by atoms with Crippen molar-refractivity contribution in [3.8, 4) is 0 Å². The van der Waals surface area contributed by atoms with E-state index in [4.69, 9.17) is 5.73 Å². The third-order valence-electron chi connectivity index (χ3n) is 1.83. The highest BCUT2D eigenvalue weighted by Crippen LogP contribution is 2.12. The number of rotatable bonds is 5. The maximum atomic E-state index is 5.89. The SMILES string of the molecule is C=C/C=C\c1ncn(CCSC)c1N. The van der Waals surface area contributed by atoms with E-state index in [1.807, 2.05) is 16.7 Å². The maximum Gasteiger partial charge on any atom is 0.130 e. The third-order valence-corrected chi connectivity index (χ3v) is 2.43. The van der Waals surface area contributed by atoms with Crippen molar-refractivity contribution >= 4 is 23.7 Å². The van der Waals surface area contributed by atoms with E-state index in [-0.39, 0.29) is 0 Å². The van der Waals surface area contributed by atoms with E-state index < -0.39 is 0 Å². The largest absolute Gasteiger partial charge is 0.383 e. The van der Waals surface area contributed by atoms with E-state index in [9.17, 15) is 0 Å². The van der Waals surface area contributed by atoms with Crippen molar-refractivity contribution in [3.05, 3.63) is 30.8 Å². The van der Waals surface area contributed by atoms with E-state index in [1.54, 1.807) is 24.2 Å². The molecule has 0 spiro atoms. The van der Waals surface area contributed by atoms with Gasteiger partial charge in [-0.25, -0.2) is 4.98 Å². The summed E-state index contributed by atoms with van der Waals surface area (Å²) in [5, 5.41) is 0. The zero-order valence-corrected chi connectivity index (χ0v) is 9.13. The van der Waals surface area contributed by atoms with Gasteiger partial charge in [0.05, 0.1) is 6.33 Å². The molecule has 3 nitrogen and oxygen atoms in total. The second kappa shape index (κ2) is 5.54. The van der Waals surface area contributed by atoms with Crippen molar-refractivity contribution in [2.75, 3.05) is 17.7 Å². The van der Waals surface area contributed by atoms with Gasteiger partial charge < -0.3 is 10.3 Å². The van der Waals surface area contributed by atoms with Crippen molar-refractivity contribution in [1.29, 1.82) is 0 Å². The molecule has 76 valence electrons. The van der Waals surface area contributed by atoms with Crippen LogP contribution in [0.25, 0.3) is 6.08 Å². The first-order valence-corrected chi connectivity index (χ1v) is 5.77. The van der Waals surface area contributed by atoms with Crippen molar-refractivity contribution in [2.24, 2.45) is 0 Å². The minimum atomic E-state index is 0.720. The summed E-state index contributed by atoms with van der Waals surface area (Å²) in [6.07, 6.45) is 9.25. The number of aryl methyl sites for hydroxylation is 1. The minimum absolute atomic E-state index is 0.720. The van der Waals surface area contributed by atoms with Crippen LogP contribution < -0.4 is 5.73 Å². The average Bonchev–Trinajstić information content (AvgIpc) is 2.54. The van der Waals surface area contributed by atoms with Crippen LogP contribution in [0.4, 0.5) is 5.82 Å². The topological polar surface area (TPSA) is 43.8 Å². The monoisotopic (exact) mass is 209 g/mol. The lowest BCUT2D eigenvalue weighted by Gasteiger charge is -2.02. The van der Waals surface area contributed by atoms with Gasteiger partial charge in [0.2, 0.25) is 0 Å². The van der Waals surface area contributed by atoms with Crippen LogP contribution >= 0.6 is 11.8 Å². The summed E-state index contributed by atoms with van der Waals surface area (Å²) in [5.41, 5.74) is 6.70. The summed E-state index contributed by atoms with van der Waals surface area (Å²) in [6, 6.07) is 0. The normalized spacial score (nSPS) is 10.9. The number of allylic oxidation sites excluding steroid dienone is 2. The molecule has 0 aromatic carbocycles. The summed E-state index contributed by atoms with van der Waals surface area (Å²) in [5.74, 6) is 1.77. The summed E-state index contributed by atoms with van der Waals surface area (Å²) in [7, 11) is 0. The first-order chi connectivity index (χ1) is 6.79. The Hall–Kier alpha value is -1.16. The molecule has 0 saturated heterocycles. The van der Waals surface area contributed by atoms with Gasteiger partial charge in [0, 0.05) is 12.3 Å². The fourth-order valence-corrected chi connectivity index (χ4v) is 1.44. The number of anilines is 1. The summed E-state index contributed by atoms with van der Waals surface area (Å²) in [4.78, 5) is 4.20. The Balaban J connectivity index is 2.74. The quantitative estimate of drug-likeness (QED) is 0.755. The Kier molecular flexibility index (Phi) is 4.32. The number of nitrogen functional groups attached to an aromatic ring is 1. The van der Waals surface area contributed by atoms with E-state index in [0.717, 1.165) is 23.8 Å². The van der Waals surface area contributed by atoms with Crippen LogP contribution in [0.3, 0.4) is 0 Å². The molecule has 0 aliphatic rings. The number of hydrogen-bond donors (Lipinski definition) is 1. The molecule has 1 rings (SSSR count). The Morgan fingerprint density at radius 2 is 2.50 bits per heavy atom. The molecule has 0 fully saturated rings. The molecule has 0 atom stereocenters. The number of nitrogens with zero attached hydrogens (tertiary/aromatic N) is 2. The van der Waals surface area contributed by atoms with E-state index in [0.29, 0.717) is 0 Å². The minimum Gasteiger partial charge on any atom is -0.383 e. The molecule has 0 aliphatic carbocycles. The van der Waals surface area contributed by atoms with Crippen LogP contribution in [0, 0.1) is 0 Å². The van der Waals surface area contributed by atoms with Gasteiger partial charge >= 0.3 is 0 Å². The number of imidazole rings is 1. The van der Waals surface area contributed by atoms with Gasteiger partial charge in [0.15, 0.2) is 0 Å².